The molecule has 110 valence electrons. The number of nitro groups is 2. The summed E-state index contributed by atoms with van der Waals surface area (Å²) in [4.78, 5) is 21.2. The van der Waals surface area contributed by atoms with Crippen molar-refractivity contribution in [3.8, 4) is 0 Å². The standard InChI is InChI=1S/C13H19N3O4/c1-5-9(6-2)10-7(3)8(4)12(15(17)18)11(14)13(10)16(19)20/h9H,5-6,14H2,1-4H3. The molecule has 0 aliphatic rings. The first-order chi connectivity index (χ1) is 9.27. The first-order valence-electron chi connectivity index (χ1n) is 6.49. The van der Waals surface area contributed by atoms with Gasteiger partial charge in [-0.3, -0.25) is 20.2 Å². The van der Waals surface area contributed by atoms with Crippen LogP contribution in [-0.2, 0) is 0 Å². The quantitative estimate of drug-likeness (QED) is 0.503. The Balaban J connectivity index is 3.85. The number of nitrogens with two attached hydrogens (primary N) is 1. The molecule has 0 unspecified atom stereocenters. The summed E-state index contributed by atoms with van der Waals surface area (Å²) in [5, 5.41) is 22.4. The number of nitro benzene ring substituents is 2. The molecular formula is C13H19N3O4. The van der Waals surface area contributed by atoms with E-state index in [4.69, 9.17) is 5.73 Å². The van der Waals surface area contributed by atoms with Gasteiger partial charge in [-0.1, -0.05) is 13.8 Å². The maximum absolute atomic E-state index is 11.3. The van der Waals surface area contributed by atoms with Gasteiger partial charge in [0.15, 0.2) is 5.69 Å². The number of nitrogens with zero attached hydrogens (tertiary/aromatic N) is 2. The van der Waals surface area contributed by atoms with E-state index in [1.54, 1.807) is 13.8 Å². The van der Waals surface area contributed by atoms with Crippen molar-refractivity contribution in [3.05, 3.63) is 36.9 Å². The van der Waals surface area contributed by atoms with Crippen LogP contribution in [0.5, 0.6) is 0 Å². The average molecular weight is 281 g/mol. The van der Waals surface area contributed by atoms with Crippen LogP contribution in [-0.4, -0.2) is 9.85 Å². The minimum Gasteiger partial charge on any atom is -0.387 e. The predicted octanol–water partition coefficient (Wildman–Crippen LogP) is 3.61. The lowest BCUT2D eigenvalue weighted by atomic mass is 9.85. The van der Waals surface area contributed by atoms with Gasteiger partial charge in [0.05, 0.1) is 9.85 Å². The first-order valence-corrected chi connectivity index (χ1v) is 6.49. The van der Waals surface area contributed by atoms with Crippen molar-refractivity contribution in [3.63, 3.8) is 0 Å². The van der Waals surface area contributed by atoms with E-state index in [1.807, 2.05) is 13.8 Å². The lowest BCUT2D eigenvalue weighted by Gasteiger charge is -2.18. The topological polar surface area (TPSA) is 112 Å². The van der Waals surface area contributed by atoms with Crippen LogP contribution in [0.25, 0.3) is 0 Å². The van der Waals surface area contributed by atoms with E-state index in [9.17, 15) is 20.2 Å². The Morgan fingerprint density at radius 1 is 1.00 bits per heavy atom. The summed E-state index contributed by atoms with van der Waals surface area (Å²) in [5.41, 5.74) is 6.23. The molecule has 0 aromatic heterocycles. The van der Waals surface area contributed by atoms with Crippen molar-refractivity contribution < 1.29 is 9.85 Å². The minimum absolute atomic E-state index is 0.0304. The molecule has 0 spiro atoms. The van der Waals surface area contributed by atoms with Gasteiger partial charge in [-0.05, 0) is 38.2 Å². The van der Waals surface area contributed by atoms with Crippen molar-refractivity contribution >= 4 is 17.1 Å². The smallest absolute Gasteiger partial charge is 0.302 e. The number of anilines is 1. The minimum atomic E-state index is -0.651. The molecule has 1 aromatic carbocycles. The molecule has 1 aromatic rings. The Morgan fingerprint density at radius 3 is 1.80 bits per heavy atom. The maximum Gasteiger partial charge on any atom is 0.302 e. The Bertz CT molecular complexity index is 565. The normalized spacial score (nSPS) is 10.8. The highest BCUT2D eigenvalue weighted by molar-refractivity contribution is 5.79. The monoisotopic (exact) mass is 281 g/mol. The van der Waals surface area contributed by atoms with Gasteiger partial charge in [0.25, 0.3) is 0 Å². The molecule has 0 amide bonds. The van der Waals surface area contributed by atoms with Gasteiger partial charge in [0.2, 0.25) is 0 Å². The summed E-state index contributed by atoms with van der Waals surface area (Å²) in [7, 11) is 0. The lowest BCUT2D eigenvalue weighted by molar-refractivity contribution is -0.393. The second-order valence-electron chi connectivity index (χ2n) is 4.80. The lowest BCUT2D eigenvalue weighted by Crippen LogP contribution is -2.11. The second kappa shape index (κ2) is 5.85. The molecule has 0 radical (unpaired) electrons. The molecule has 0 fully saturated rings. The van der Waals surface area contributed by atoms with E-state index >= 15 is 0 Å². The van der Waals surface area contributed by atoms with Crippen LogP contribution in [0.3, 0.4) is 0 Å². The molecule has 0 saturated heterocycles. The van der Waals surface area contributed by atoms with E-state index in [-0.39, 0.29) is 23.0 Å². The van der Waals surface area contributed by atoms with Gasteiger partial charge < -0.3 is 5.73 Å². The van der Waals surface area contributed by atoms with E-state index in [1.165, 1.54) is 0 Å². The summed E-state index contributed by atoms with van der Waals surface area (Å²) in [6.45, 7) is 7.14. The molecule has 0 aliphatic carbocycles. The van der Waals surface area contributed by atoms with Gasteiger partial charge in [0, 0.05) is 11.1 Å². The van der Waals surface area contributed by atoms with Gasteiger partial charge in [-0.25, -0.2) is 0 Å². The third-order valence-corrected chi connectivity index (χ3v) is 3.85. The SMILES string of the molecule is CCC(CC)c1c(C)c(C)c([N+](=O)[O-])c(N)c1[N+](=O)[O-]. The maximum atomic E-state index is 11.3. The van der Waals surface area contributed by atoms with Crippen molar-refractivity contribution in [2.45, 2.75) is 46.5 Å². The highest BCUT2D eigenvalue weighted by Crippen LogP contribution is 2.44. The number of hydrogen-bond donors (Lipinski definition) is 1. The number of hydrogen-bond acceptors (Lipinski definition) is 5. The largest absolute Gasteiger partial charge is 0.387 e. The highest BCUT2D eigenvalue weighted by atomic mass is 16.6. The van der Waals surface area contributed by atoms with Crippen LogP contribution in [0.2, 0.25) is 0 Å². The summed E-state index contributed by atoms with van der Waals surface area (Å²) in [6.07, 6.45) is 1.43. The molecule has 0 bridgehead atoms. The molecule has 0 saturated carbocycles. The van der Waals surface area contributed by atoms with E-state index in [2.05, 4.69) is 0 Å². The number of rotatable bonds is 5. The molecule has 0 atom stereocenters. The van der Waals surface area contributed by atoms with Gasteiger partial charge in [-0.15, -0.1) is 0 Å². The summed E-state index contributed by atoms with van der Waals surface area (Å²) in [6, 6.07) is 0. The fourth-order valence-corrected chi connectivity index (χ4v) is 2.64. The Labute approximate surface area is 117 Å². The van der Waals surface area contributed by atoms with Gasteiger partial charge in [-0.2, -0.15) is 0 Å². The molecule has 1 rings (SSSR count). The molecular weight excluding hydrogens is 262 g/mol. The fourth-order valence-electron chi connectivity index (χ4n) is 2.64. The molecule has 0 heterocycles. The summed E-state index contributed by atoms with van der Waals surface area (Å²) in [5.74, 6) is -0.0304. The molecule has 7 nitrogen and oxygen atoms in total. The fraction of sp³-hybridized carbons (Fsp3) is 0.538. The van der Waals surface area contributed by atoms with Gasteiger partial charge >= 0.3 is 11.4 Å². The Morgan fingerprint density at radius 2 is 1.45 bits per heavy atom. The van der Waals surface area contributed by atoms with Crippen LogP contribution in [0.1, 0.15) is 49.3 Å². The van der Waals surface area contributed by atoms with E-state index in [0.29, 0.717) is 16.7 Å². The third-order valence-electron chi connectivity index (χ3n) is 3.85. The molecule has 2 N–H and O–H groups in total. The summed E-state index contributed by atoms with van der Waals surface area (Å²) >= 11 is 0. The first kappa shape index (κ1) is 15.9. The second-order valence-corrected chi connectivity index (χ2v) is 4.80. The summed E-state index contributed by atoms with van der Waals surface area (Å²) < 4.78 is 0. The van der Waals surface area contributed by atoms with E-state index in [0.717, 1.165) is 12.8 Å². The number of benzene rings is 1. The average Bonchev–Trinajstić information content (AvgIpc) is 2.35. The van der Waals surface area contributed by atoms with Crippen molar-refractivity contribution in [2.24, 2.45) is 0 Å². The van der Waals surface area contributed by atoms with Crippen LogP contribution >= 0.6 is 0 Å². The van der Waals surface area contributed by atoms with Crippen molar-refractivity contribution in [2.75, 3.05) is 5.73 Å². The zero-order valence-electron chi connectivity index (χ0n) is 12.1. The number of nitrogen functional groups attached to an aromatic ring is 1. The molecule has 7 heteroatoms. The predicted molar refractivity (Wildman–Crippen MR) is 77.0 cm³/mol. The van der Waals surface area contributed by atoms with Crippen LogP contribution in [0, 0.1) is 34.1 Å². The molecule has 20 heavy (non-hydrogen) atoms. The third kappa shape index (κ3) is 2.43. The highest BCUT2D eigenvalue weighted by Gasteiger charge is 2.34. The zero-order valence-corrected chi connectivity index (χ0v) is 12.1. The van der Waals surface area contributed by atoms with Crippen molar-refractivity contribution in [1.29, 1.82) is 0 Å². The molecule has 0 aliphatic heterocycles. The van der Waals surface area contributed by atoms with Crippen LogP contribution in [0.15, 0.2) is 0 Å². The van der Waals surface area contributed by atoms with E-state index < -0.39 is 9.85 Å². The van der Waals surface area contributed by atoms with Crippen molar-refractivity contribution in [1.82, 2.24) is 0 Å². The Hall–Kier alpha value is -2.18. The van der Waals surface area contributed by atoms with Gasteiger partial charge in [0.1, 0.15) is 0 Å². The zero-order chi connectivity index (χ0) is 15.6. The van der Waals surface area contributed by atoms with Crippen LogP contribution < -0.4 is 5.73 Å². The Kier molecular flexibility index (Phi) is 4.65. The van der Waals surface area contributed by atoms with Crippen LogP contribution in [0.4, 0.5) is 17.1 Å².